The van der Waals surface area contributed by atoms with E-state index in [1.54, 1.807) is 36.8 Å². The molecule has 0 radical (unpaired) electrons. The van der Waals surface area contributed by atoms with Crippen molar-refractivity contribution in [2.45, 2.75) is 0 Å². The quantitative estimate of drug-likeness (QED) is 0.663. The van der Waals surface area contributed by atoms with Gasteiger partial charge < -0.3 is 10.1 Å². The van der Waals surface area contributed by atoms with E-state index in [9.17, 15) is 4.79 Å². The fourth-order valence-electron chi connectivity index (χ4n) is 1.64. The highest BCUT2D eigenvalue weighted by molar-refractivity contribution is 5.95. The van der Waals surface area contributed by atoms with E-state index in [4.69, 9.17) is 4.74 Å². The maximum Gasteiger partial charge on any atom is 0.339 e. The summed E-state index contributed by atoms with van der Waals surface area (Å²) < 4.78 is 5.07. The third-order valence-electron chi connectivity index (χ3n) is 2.48. The van der Waals surface area contributed by atoms with Gasteiger partial charge in [0.05, 0.1) is 17.5 Å². The SMILES string of the molecule is C=CCOC(=O)c1ccccc1C1=CN=CC=CN1. The number of benzene rings is 1. The first-order chi connectivity index (χ1) is 9.33. The molecule has 0 aliphatic carbocycles. The fraction of sp³-hybridized carbons (Fsp3) is 0.0667. The second-order valence-corrected chi connectivity index (χ2v) is 3.78. The molecular weight excluding hydrogens is 240 g/mol. The van der Waals surface area contributed by atoms with Gasteiger partial charge >= 0.3 is 5.97 Å². The minimum Gasteiger partial charge on any atom is -0.458 e. The average Bonchev–Trinajstić information content (AvgIpc) is 2.73. The Morgan fingerprint density at radius 3 is 3.11 bits per heavy atom. The Morgan fingerprint density at radius 2 is 2.26 bits per heavy atom. The Labute approximate surface area is 111 Å². The zero-order valence-corrected chi connectivity index (χ0v) is 10.4. The summed E-state index contributed by atoms with van der Waals surface area (Å²) in [6, 6.07) is 7.23. The smallest absolute Gasteiger partial charge is 0.339 e. The molecule has 0 amide bonds. The van der Waals surface area contributed by atoms with Crippen molar-refractivity contribution in [2.75, 3.05) is 6.61 Å². The zero-order chi connectivity index (χ0) is 13.5. The Hall–Kier alpha value is -2.62. The molecule has 0 fully saturated rings. The molecule has 1 aromatic rings. The fourth-order valence-corrected chi connectivity index (χ4v) is 1.64. The standard InChI is InChI=1S/C15H14N2O2/c1-2-10-19-15(18)13-7-4-3-6-12(13)14-11-16-8-5-9-17-14/h2-9,11,17H,1,10H2. The summed E-state index contributed by atoms with van der Waals surface area (Å²) in [6.45, 7) is 3.71. The van der Waals surface area contributed by atoms with Crippen LogP contribution in [-0.2, 0) is 4.74 Å². The van der Waals surface area contributed by atoms with Crippen molar-refractivity contribution in [1.29, 1.82) is 0 Å². The van der Waals surface area contributed by atoms with Crippen LogP contribution in [0.15, 0.2) is 60.4 Å². The lowest BCUT2D eigenvalue weighted by Crippen LogP contribution is -2.12. The number of nitrogens with one attached hydrogen (secondary N) is 1. The van der Waals surface area contributed by atoms with Gasteiger partial charge in [-0.15, -0.1) is 0 Å². The van der Waals surface area contributed by atoms with Crippen LogP contribution in [0, 0.1) is 0 Å². The zero-order valence-electron chi connectivity index (χ0n) is 10.4. The molecule has 0 saturated carbocycles. The maximum atomic E-state index is 12.0. The molecule has 0 atom stereocenters. The van der Waals surface area contributed by atoms with Crippen LogP contribution in [0.1, 0.15) is 15.9 Å². The predicted octanol–water partition coefficient (Wildman–Crippen LogP) is 2.52. The van der Waals surface area contributed by atoms with Crippen LogP contribution in [0.2, 0.25) is 0 Å². The molecule has 0 saturated heterocycles. The number of nitrogens with zero attached hydrogens (tertiary/aromatic N) is 1. The van der Waals surface area contributed by atoms with E-state index in [1.165, 1.54) is 6.08 Å². The molecule has 1 heterocycles. The topological polar surface area (TPSA) is 50.7 Å². The number of aliphatic imine (C=N–C) groups is 1. The Morgan fingerprint density at radius 1 is 1.42 bits per heavy atom. The van der Waals surface area contributed by atoms with E-state index in [0.717, 1.165) is 11.3 Å². The molecule has 1 aliphatic heterocycles. The van der Waals surface area contributed by atoms with Crippen molar-refractivity contribution in [1.82, 2.24) is 5.32 Å². The lowest BCUT2D eigenvalue weighted by molar-refractivity contribution is 0.0549. The van der Waals surface area contributed by atoms with Crippen LogP contribution < -0.4 is 5.32 Å². The van der Waals surface area contributed by atoms with Crippen molar-refractivity contribution in [3.63, 3.8) is 0 Å². The Kier molecular flexibility index (Phi) is 4.29. The van der Waals surface area contributed by atoms with Gasteiger partial charge in [-0.25, -0.2) is 4.79 Å². The lowest BCUT2D eigenvalue weighted by atomic mass is 10.0. The molecule has 2 rings (SSSR count). The summed E-state index contributed by atoms with van der Waals surface area (Å²) in [5, 5.41) is 3.08. The summed E-state index contributed by atoms with van der Waals surface area (Å²) in [5.41, 5.74) is 1.99. The minimum atomic E-state index is -0.379. The normalized spacial score (nSPS) is 13.2. The van der Waals surface area contributed by atoms with Crippen molar-refractivity contribution in [3.05, 3.63) is 66.5 Å². The largest absolute Gasteiger partial charge is 0.458 e. The molecule has 0 bridgehead atoms. The van der Waals surface area contributed by atoms with E-state index >= 15 is 0 Å². The molecule has 1 aliphatic rings. The molecular formula is C15H14N2O2. The number of carbonyl (C=O) groups excluding carboxylic acids is 1. The number of esters is 1. The summed E-state index contributed by atoms with van der Waals surface area (Å²) >= 11 is 0. The monoisotopic (exact) mass is 254 g/mol. The predicted molar refractivity (Wildman–Crippen MR) is 75.7 cm³/mol. The highest BCUT2D eigenvalue weighted by Crippen LogP contribution is 2.19. The van der Waals surface area contributed by atoms with Gasteiger partial charge in [-0.1, -0.05) is 30.9 Å². The highest BCUT2D eigenvalue weighted by atomic mass is 16.5. The van der Waals surface area contributed by atoms with Crippen molar-refractivity contribution >= 4 is 17.9 Å². The van der Waals surface area contributed by atoms with Gasteiger partial charge in [-0.2, -0.15) is 0 Å². The number of rotatable bonds is 4. The van der Waals surface area contributed by atoms with Crippen LogP contribution >= 0.6 is 0 Å². The van der Waals surface area contributed by atoms with Crippen molar-refractivity contribution in [3.8, 4) is 0 Å². The van der Waals surface area contributed by atoms with Gasteiger partial charge in [0, 0.05) is 18.0 Å². The van der Waals surface area contributed by atoms with Crippen molar-refractivity contribution < 1.29 is 9.53 Å². The van der Waals surface area contributed by atoms with Crippen LogP contribution in [0.5, 0.6) is 0 Å². The average molecular weight is 254 g/mol. The number of allylic oxidation sites excluding steroid dienone is 1. The molecule has 96 valence electrons. The third kappa shape index (κ3) is 3.19. The van der Waals surface area contributed by atoms with Crippen LogP contribution in [0.4, 0.5) is 0 Å². The van der Waals surface area contributed by atoms with E-state index in [2.05, 4.69) is 16.9 Å². The minimum absolute atomic E-state index is 0.192. The van der Waals surface area contributed by atoms with Gasteiger partial charge in [0.15, 0.2) is 0 Å². The maximum absolute atomic E-state index is 12.0. The Bertz CT molecular complexity index is 571. The van der Waals surface area contributed by atoms with E-state index in [0.29, 0.717) is 5.56 Å². The summed E-state index contributed by atoms with van der Waals surface area (Å²) in [6.07, 6.45) is 8.41. The number of hydrogen-bond donors (Lipinski definition) is 1. The first-order valence-electron chi connectivity index (χ1n) is 5.85. The van der Waals surface area contributed by atoms with Gasteiger partial charge in [0.2, 0.25) is 0 Å². The van der Waals surface area contributed by atoms with E-state index < -0.39 is 0 Å². The molecule has 1 aromatic carbocycles. The third-order valence-corrected chi connectivity index (χ3v) is 2.48. The van der Waals surface area contributed by atoms with Gasteiger partial charge in [0.25, 0.3) is 0 Å². The van der Waals surface area contributed by atoms with Gasteiger partial charge in [-0.3, -0.25) is 4.99 Å². The van der Waals surface area contributed by atoms with Crippen LogP contribution in [0.3, 0.4) is 0 Å². The van der Waals surface area contributed by atoms with Crippen LogP contribution in [0.25, 0.3) is 5.70 Å². The molecule has 0 spiro atoms. The molecule has 1 N–H and O–H groups in total. The van der Waals surface area contributed by atoms with Gasteiger partial charge in [-0.05, 0) is 12.1 Å². The van der Waals surface area contributed by atoms with Gasteiger partial charge in [0.1, 0.15) is 6.61 Å². The molecule has 4 heteroatoms. The van der Waals surface area contributed by atoms with E-state index in [1.807, 2.05) is 12.1 Å². The molecule has 0 aromatic heterocycles. The second kappa shape index (κ2) is 6.35. The first-order valence-corrected chi connectivity index (χ1v) is 5.85. The summed E-state index contributed by atoms with van der Waals surface area (Å²) in [5.74, 6) is -0.379. The number of hydrogen-bond acceptors (Lipinski definition) is 4. The number of ether oxygens (including phenoxy) is 1. The molecule has 0 unspecified atom stereocenters. The lowest BCUT2D eigenvalue weighted by Gasteiger charge is -2.11. The molecule has 4 nitrogen and oxygen atoms in total. The van der Waals surface area contributed by atoms with Crippen LogP contribution in [-0.4, -0.2) is 18.8 Å². The summed E-state index contributed by atoms with van der Waals surface area (Å²) in [7, 11) is 0. The first kappa shape index (κ1) is 12.8. The second-order valence-electron chi connectivity index (χ2n) is 3.78. The highest BCUT2D eigenvalue weighted by Gasteiger charge is 2.14. The molecule has 19 heavy (non-hydrogen) atoms. The van der Waals surface area contributed by atoms with Crippen molar-refractivity contribution in [2.24, 2.45) is 4.99 Å². The number of carbonyl (C=O) groups is 1. The summed E-state index contributed by atoms with van der Waals surface area (Å²) in [4.78, 5) is 16.1. The van der Waals surface area contributed by atoms with E-state index in [-0.39, 0.29) is 12.6 Å². The Balaban J connectivity index is 2.33.